The van der Waals surface area contributed by atoms with Crippen LogP contribution in [0, 0.1) is 0 Å². The first-order chi connectivity index (χ1) is 12.9. The van der Waals surface area contributed by atoms with Crippen molar-refractivity contribution in [1.82, 2.24) is 9.55 Å². The summed E-state index contributed by atoms with van der Waals surface area (Å²) in [6.07, 6.45) is -2.81. The number of imidazole rings is 1. The van der Waals surface area contributed by atoms with Gasteiger partial charge in [-0.2, -0.15) is 13.2 Å². The van der Waals surface area contributed by atoms with E-state index in [-0.39, 0.29) is 11.4 Å². The number of benzene rings is 2. The molecule has 3 aromatic rings. The van der Waals surface area contributed by atoms with E-state index in [4.69, 9.17) is 0 Å². The van der Waals surface area contributed by atoms with Gasteiger partial charge in [-0.05, 0) is 24.3 Å². The average Bonchev–Trinajstić information content (AvgIpc) is 2.98. The minimum absolute atomic E-state index is 0.0628. The molecule has 0 atom stereocenters. The molecule has 0 aliphatic rings. The number of hydrogen-bond donors (Lipinski definition) is 1. The van der Waals surface area contributed by atoms with Crippen LogP contribution in [0.4, 0.5) is 18.9 Å². The van der Waals surface area contributed by atoms with Crippen LogP contribution >= 0.6 is 11.8 Å². The Morgan fingerprint density at radius 2 is 1.89 bits per heavy atom. The first-order valence-electron chi connectivity index (χ1n) is 8.05. The van der Waals surface area contributed by atoms with Crippen LogP contribution in [-0.2, 0) is 17.5 Å². The number of para-hydroxylation sites is 3. The second kappa shape index (κ2) is 7.87. The van der Waals surface area contributed by atoms with Crippen molar-refractivity contribution in [3.05, 3.63) is 66.7 Å². The summed E-state index contributed by atoms with van der Waals surface area (Å²) in [5, 5.41) is 2.94. The first kappa shape index (κ1) is 19.0. The van der Waals surface area contributed by atoms with E-state index in [1.807, 2.05) is 28.8 Å². The lowest BCUT2D eigenvalue weighted by atomic mass is 10.1. The molecular weight excluding hydrogens is 375 g/mol. The lowest BCUT2D eigenvalue weighted by Gasteiger charge is -2.13. The molecule has 0 spiro atoms. The number of carbonyl (C=O) groups excluding carboxylic acids is 1. The number of hydrogen-bond acceptors (Lipinski definition) is 3. The highest BCUT2D eigenvalue weighted by Gasteiger charge is 2.33. The normalized spacial score (nSPS) is 11.5. The monoisotopic (exact) mass is 391 g/mol. The second-order valence-corrected chi connectivity index (χ2v) is 6.61. The molecule has 0 saturated carbocycles. The van der Waals surface area contributed by atoms with Gasteiger partial charge in [0.25, 0.3) is 0 Å². The van der Waals surface area contributed by atoms with E-state index in [9.17, 15) is 18.0 Å². The fraction of sp³-hybridized carbons (Fsp3) is 0.158. The number of halogens is 3. The number of anilines is 1. The first-order valence-corrected chi connectivity index (χ1v) is 9.03. The van der Waals surface area contributed by atoms with Gasteiger partial charge in [0, 0.05) is 6.54 Å². The fourth-order valence-electron chi connectivity index (χ4n) is 2.62. The standard InChI is InChI=1S/C19H16F3N3OS/c1-2-11-25-16-10-6-5-9-15(16)24-18(25)27-12-17(26)23-14-8-4-3-7-13(14)19(20,21)22/h2-10H,1,11-12H2,(H,23,26). The predicted octanol–water partition coefficient (Wildman–Crippen LogP) is 4.97. The number of carbonyl (C=O) groups is 1. The molecule has 1 amide bonds. The fourth-order valence-corrected chi connectivity index (χ4v) is 3.45. The molecule has 140 valence electrons. The number of alkyl halides is 3. The van der Waals surface area contributed by atoms with Gasteiger partial charge in [-0.3, -0.25) is 4.79 Å². The van der Waals surface area contributed by atoms with Crippen molar-refractivity contribution < 1.29 is 18.0 Å². The highest BCUT2D eigenvalue weighted by Crippen LogP contribution is 2.34. The molecule has 8 heteroatoms. The quantitative estimate of drug-likeness (QED) is 0.477. The number of nitrogens with one attached hydrogen (secondary N) is 1. The smallest absolute Gasteiger partial charge is 0.325 e. The van der Waals surface area contributed by atoms with E-state index in [0.717, 1.165) is 28.9 Å². The molecule has 0 fully saturated rings. The van der Waals surface area contributed by atoms with E-state index in [1.54, 1.807) is 6.08 Å². The van der Waals surface area contributed by atoms with Gasteiger partial charge in [-0.25, -0.2) is 4.98 Å². The molecule has 1 N–H and O–H groups in total. The minimum atomic E-state index is -4.53. The highest BCUT2D eigenvalue weighted by molar-refractivity contribution is 7.99. The molecule has 0 saturated heterocycles. The molecule has 0 aliphatic heterocycles. The molecule has 0 aliphatic carbocycles. The van der Waals surface area contributed by atoms with Gasteiger partial charge in [0.15, 0.2) is 5.16 Å². The summed E-state index contributed by atoms with van der Waals surface area (Å²) in [6, 6.07) is 12.4. The lowest BCUT2D eigenvalue weighted by Crippen LogP contribution is -2.18. The molecule has 0 radical (unpaired) electrons. The van der Waals surface area contributed by atoms with Crippen molar-refractivity contribution >= 4 is 34.4 Å². The zero-order valence-corrected chi connectivity index (χ0v) is 15.0. The molecular formula is C19H16F3N3OS. The van der Waals surface area contributed by atoms with Gasteiger partial charge in [-0.15, -0.1) is 6.58 Å². The molecule has 27 heavy (non-hydrogen) atoms. The summed E-state index contributed by atoms with van der Waals surface area (Å²) >= 11 is 1.16. The Morgan fingerprint density at radius 3 is 2.63 bits per heavy atom. The van der Waals surface area contributed by atoms with Gasteiger partial charge < -0.3 is 9.88 Å². The van der Waals surface area contributed by atoms with Gasteiger partial charge in [0.2, 0.25) is 5.91 Å². The largest absolute Gasteiger partial charge is 0.418 e. The summed E-state index contributed by atoms with van der Waals surface area (Å²) in [4.78, 5) is 16.7. The molecule has 0 unspecified atom stereocenters. The van der Waals surface area contributed by atoms with Crippen LogP contribution in [0.2, 0.25) is 0 Å². The molecule has 0 bridgehead atoms. The van der Waals surface area contributed by atoms with Crippen molar-refractivity contribution in [2.75, 3.05) is 11.1 Å². The topological polar surface area (TPSA) is 46.9 Å². The third kappa shape index (κ3) is 4.33. The van der Waals surface area contributed by atoms with E-state index in [2.05, 4.69) is 16.9 Å². The second-order valence-electron chi connectivity index (χ2n) is 5.66. The predicted molar refractivity (Wildman–Crippen MR) is 101 cm³/mol. The van der Waals surface area contributed by atoms with Crippen LogP contribution in [-0.4, -0.2) is 21.2 Å². The van der Waals surface area contributed by atoms with E-state index in [0.29, 0.717) is 11.7 Å². The summed E-state index contributed by atoms with van der Waals surface area (Å²) in [5.74, 6) is -0.596. The number of amides is 1. The molecule has 1 aromatic heterocycles. The van der Waals surface area contributed by atoms with E-state index >= 15 is 0 Å². The maximum atomic E-state index is 13.0. The number of aromatic nitrogens is 2. The molecule has 2 aromatic carbocycles. The molecule has 1 heterocycles. The summed E-state index contributed by atoms with van der Waals surface area (Å²) < 4.78 is 41.0. The third-order valence-corrected chi connectivity index (χ3v) is 4.75. The van der Waals surface area contributed by atoms with Crippen LogP contribution in [0.5, 0.6) is 0 Å². The summed E-state index contributed by atoms with van der Waals surface area (Å²) in [6.45, 7) is 4.24. The van der Waals surface area contributed by atoms with Crippen molar-refractivity contribution in [1.29, 1.82) is 0 Å². The number of allylic oxidation sites excluding steroid dienone is 1. The number of thioether (sulfide) groups is 1. The zero-order chi connectivity index (χ0) is 19.4. The van der Waals surface area contributed by atoms with Crippen molar-refractivity contribution in [3.63, 3.8) is 0 Å². The van der Waals surface area contributed by atoms with Gasteiger partial charge >= 0.3 is 6.18 Å². The Kier molecular flexibility index (Phi) is 5.55. The lowest BCUT2D eigenvalue weighted by molar-refractivity contribution is -0.137. The third-order valence-electron chi connectivity index (χ3n) is 3.77. The number of fused-ring (bicyclic) bond motifs is 1. The van der Waals surface area contributed by atoms with Crippen LogP contribution in [0.25, 0.3) is 11.0 Å². The van der Waals surface area contributed by atoms with Gasteiger partial charge in [0.05, 0.1) is 28.0 Å². The van der Waals surface area contributed by atoms with Crippen molar-refractivity contribution in [3.8, 4) is 0 Å². The summed E-state index contributed by atoms with van der Waals surface area (Å²) in [5.41, 5.74) is 0.560. The van der Waals surface area contributed by atoms with Crippen LogP contribution in [0.3, 0.4) is 0 Å². The minimum Gasteiger partial charge on any atom is -0.325 e. The maximum Gasteiger partial charge on any atom is 0.418 e. The zero-order valence-electron chi connectivity index (χ0n) is 14.2. The van der Waals surface area contributed by atoms with Crippen molar-refractivity contribution in [2.45, 2.75) is 17.9 Å². The Bertz CT molecular complexity index is 982. The highest BCUT2D eigenvalue weighted by atomic mass is 32.2. The number of rotatable bonds is 6. The maximum absolute atomic E-state index is 13.0. The van der Waals surface area contributed by atoms with Crippen LogP contribution in [0.1, 0.15) is 5.56 Å². The van der Waals surface area contributed by atoms with E-state index < -0.39 is 17.6 Å². The molecule has 4 nitrogen and oxygen atoms in total. The Hall–Kier alpha value is -2.74. The number of nitrogens with zero attached hydrogens (tertiary/aromatic N) is 2. The Balaban J connectivity index is 1.75. The van der Waals surface area contributed by atoms with Gasteiger partial charge in [0.1, 0.15) is 0 Å². The SMILES string of the molecule is C=CCn1c(SCC(=O)Nc2ccccc2C(F)(F)F)nc2ccccc21. The Morgan fingerprint density at radius 1 is 1.19 bits per heavy atom. The van der Waals surface area contributed by atoms with Gasteiger partial charge in [-0.1, -0.05) is 42.1 Å². The van der Waals surface area contributed by atoms with Crippen LogP contribution in [0.15, 0.2) is 66.3 Å². The Labute approximate surface area is 158 Å². The van der Waals surface area contributed by atoms with Crippen molar-refractivity contribution in [2.24, 2.45) is 0 Å². The van der Waals surface area contributed by atoms with E-state index in [1.165, 1.54) is 18.2 Å². The molecule has 3 rings (SSSR count). The summed E-state index contributed by atoms with van der Waals surface area (Å²) in [7, 11) is 0. The van der Waals surface area contributed by atoms with Crippen LogP contribution < -0.4 is 5.32 Å². The average molecular weight is 391 g/mol.